The van der Waals surface area contributed by atoms with E-state index in [1.165, 1.54) is 0 Å². The third kappa shape index (κ3) is 2.30. The summed E-state index contributed by atoms with van der Waals surface area (Å²) in [6.07, 6.45) is 1.71. The van der Waals surface area contributed by atoms with E-state index >= 15 is 0 Å². The number of nitrogens with zero attached hydrogens (tertiary/aromatic N) is 3. The Bertz CT molecular complexity index is 408. The number of hydrogen-bond acceptors (Lipinski definition) is 6. The van der Waals surface area contributed by atoms with Crippen LogP contribution in [-0.2, 0) is 9.63 Å². The van der Waals surface area contributed by atoms with Crippen LogP contribution in [0.15, 0.2) is 9.68 Å². The summed E-state index contributed by atoms with van der Waals surface area (Å²) in [6, 6.07) is 0. The lowest BCUT2D eigenvalue weighted by atomic mass is 10.4. The molecule has 1 heterocycles. The largest absolute Gasteiger partial charge is 0.378 e. The lowest BCUT2D eigenvalue weighted by Gasteiger charge is -1.94. The lowest BCUT2D eigenvalue weighted by molar-refractivity contribution is -0.145. The first-order valence-electron chi connectivity index (χ1n) is 4.52. The van der Waals surface area contributed by atoms with Gasteiger partial charge in [0.15, 0.2) is 0 Å². The Balaban J connectivity index is 1.97. The summed E-state index contributed by atoms with van der Waals surface area (Å²) < 4.78 is 4.69. The van der Waals surface area contributed by atoms with Crippen LogP contribution in [-0.4, -0.2) is 21.9 Å². The fraction of sp³-hybridized carbons (Fsp3) is 0.500. The summed E-state index contributed by atoms with van der Waals surface area (Å²) in [7, 11) is 0. The Morgan fingerprint density at radius 1 is 1.67 bits per heavy atom. The Kier molecular flexibility index (Phi) is 2.36. The number of aryl methyl sites for hydroxylation is 1. The van der Waals surface area contributed by atoms with Crippen LogP contribution in [0.5, 0.6) is 0 Å². The first kappa shape index (κ1) is 9.63. The molecule has 1 aromatic rings. The first-order chi connectivity index (χ1) is 7.16. The highest BCUT2D eigenvalue weighted by Gasteiger charge is 2.31. The predicted molar refractivity (Wildman–Crippen MR) is 48.6 cm³/mol. The van der Waals surface area contributed by atoms with E-state index in [4.69, 9.17) is 5.73 Å². The van der Waals surface area contributed by atoms with E-state index in [2.05, 4.69) is 24.7 Å². The molecule has 0 amide bonds. The molecule has 0 saturated heterocycles. The highest BCUT2D eigenvalue weighted by atomic mass is 16.7. The van der Waals surface area contributed by atoms with Gasteiger partial charge < -0.3 is 15.1 Å². The van der Waals surface area contributed by atoms with Gasteiger partial charge in [-0.1, -0.05) is 10.3 Å². The fourth-order valence-corrected chi connectivity index (χ4v) is 0.932. The molecule has 15 heavy (non-hydrogen) atoms. The van der Waals surface area contributed by atoms with Crippen LogP contribution in [0, 0.1) is 12.8 Å². The second-order valence-electron chi connectivity index (χ2n) is 3.30. The number of rotatable bonds is 3. The van der Waals surface area contributed by atoms with Gasteiger partial charge in [0.1, 0.15) is 0 Å². The summed E-state index contributed by atoms with van der Waals surface area (Å²) in [5, 5.41) is 6.95. The molecule has 80 valence electrons. The number of oxime groups is 1. The van der Waals surface area contributed by atoms with E-state index < -0.39 is 0 Å². The Hall–Kier alpha value is -1.92. The summed E-state index contributed by atoms with van der Waals surface area (Å²) >= 11 is 0. The number of aromatic nitrogens is 2. The number of hydrogen-bond donors (Lipinski definition) is 1. The summed E-state index contributed by atoms with van der Waals surface area (Å²) in [5.74, 6) is 0.0420. The number of carbonyl (C=O) groups excluding carboxylic acids is 1. The van der Waals surface area contributed by atoms with Crippen molar-refractivity contribution in [2.45, 2.75) is 19.8 Å². The van der Waals surface area contributed by atoms with Gasteiger partial charge in [-0.05, 0) is 12.8 Å². The molecule has 0 aromatic carbocycles. The summed E-state index contributed by atoms with van der Waals surface area (Å²) in [6.45, 7) is 1.62. The molecule has 0 bridgehead atoms. The van der Waals surface area contributed by atoms with Gasteiger partial charge in [0.25, 0.3) is 0 Å². The normalized spacial score (nSPS) is 16.5. The van der Waals surface area contributed by atoms with E-state index in [-0.39, 0.29) is 23.5 Å². The highest BCUT2D eigenvalue weighted by molar-refractivity contribution is 5.93. The molecule has 1 saturated carbocycles. The zero-order valence-electron chi connectivity index (χ0n) is 8.14. The van der Waals surface area contributed by atoms with Crippen LogP contribution in [0.25, 0.3) is 0 Å². The molecule has 1 aromatic heterocycles. The molecular formula is C8H10N4O3. The quantitative estimate of drug-likeness (QED) is 0.324. The van der Waals surface area contributed by atoms with Gasteiger partial charge >= 0.3 is 5.97 Å². The molecule has 0 aliphatic heterocycles. The van der Waals surface area contributed by atoms with Crippen LogP contribution >= 0.6 is 0 Å². The summed E-state index contributed by atoms with van der Waals surface area (Å²) in [5.41, 5.74) is 5.46. The van der Waals surface area contributed by atoms with Crippen molar-refractivity contribution < 1.29 is 14.2 Å². The molecule has 0 radical (unpaired) electrons. The second-order valence-corrected chi connectivity index (χ2v) is 3.30. The first-order valence-corrected chi connectivity index (χ1v) is 4.52. The predicted octanol–water partition coefficient (Wildman–Crippen LogP) is -0.0485. The molecule has 1 aliphatic rings. The van der Waals surface area contributed by atoms with Crippen molar-refractivity contribution in [1.29, 1.82) is 0 Å². The monoisotopic (exact) mass is 210 g/mol. The highest BCUT2D eigenvalue weighted by Crippen LogP contribution is 2.30. The average molecular weight is 210 g/mol. The van der Waals surface area contributed by atoms with Gasteiger partial charge in [0, 0.05) is 6.92 Å². The average Bonchev–Trinajstić information content (AvgIpc) is 2.97. The topological polar surface area (TPSA) is 104 Å². The number of carbonyl (C=O) groups is 1. The van der Waals surface area contributed by atoms with Crippen LogP contribution in [0.3, 0.4) is 0 Å². The lowest BCUT2D eigenvalue weighted by Crippen LogP contribution is -2.17. The van der Waals surface area contributed by atoms with Crippen molar-refractivity contribution in [3.05, 3.63) is 11.7 Å². The smallest absolute Gasteiger partial charge is 0.338 e. The Morgan fingerprint density at radius 2 is 2.40 bits per heavy atom. The van der Waals surface area contributed by atoms with E-state index in [1.807, 2.05) is 0 Å². The third-order valence-corrected chi connectivity index (χ3v) is 1.90. The molecule has 1 aliphatic carbocycles. The van der Waals surface area contributed by atoms with Crippen molar-refractivity contribution in [3.63, 3.8) is 0 Å². The van der Waals surface area contributed by atoms with Crippen molar-refractivity contribution in [3.8, 4) is 0 Å². The van der Waals surface area contributed by atoms with Crippen LogP contribution in [0.4, 0.5) is 0 Å². The maximum Gasteiger partial charge on any atom is 0.338 e. The fourth-order valence-electron chi connectivity index (χ4n) is 0.932. The third-order valence-electron chi connectivity index (χ3n) is 1.90. The Labute approximate surface area is 85.3 Å². The minimum Gasteiger partial charge on any atom is -0.378 e. The van der Waals surface area contributed by atoms with Gasteiger partial charge in [-0.15, -0.1) is 0 Å². The number of amidine groups is 1. The van der Waals surface area contributed by atoms with E-state index in [1.54, 1.807) is 6.92 Å². The zero-order chi connectivity index (χ0) is 10.8. The molecule has 7 heteroatoms. The van der Waals surface area contributed by atoms with Gasteiger partial charge in [-0.3, -0.25) is 0 Å². The SMILES string of the molecule is Cc1nc(/C(N)=N/OC(=O)C2CC2)no1. The second kappa shape index (κ2) is 3.68. The van der Waals surface area contributed by atoms with Gasteiger partial charge in [-0.2, -0.15) is 4.98 Å². The zero-order valence-corrected chi connectivity index (χ0v) is 8.14. The van der Waals surface area contributed by atoms with Crippen LogP contribution < -0.4 is 5.73 Å². The summed E-state index contributed by atoms with van der Waals surface area (Å²) in [4.78, 5) is 19.5. The van der Waals surface area contributed by atoms with Crippen LogP contribution in [0.1, 0.15) is 24.6 Å². The van der Waals surface area contributed by atoms with Crippen molar-refractivity contribution in [2.75, 3.05) is 0 Å². The van der Waals surface area contributed by atoms with Crippen molar-refractivity contribution in [2.24, 2.45) is 16.8 Å². The van der Waals surface area contributed by atoms with Crippen molar-refractivity contribution >= 4 is 11.8 Å². The molecule has 2 N–H and O–H groups in total. The molecule has 0 unspecified atom stereocenters. The maximum atomic E-state index is 11.1. The molecule has 0 atom stereocenters. The minimum atomic E-state index is -0.363. The minimum absolute atomic E-state index is 0.0199. The van der Waals surface area contributed by atoms with E-state index in [0.717, 1.165) is 12.8 Å². The van der Waals surface area contributed by atoms with Gasteiger partial charge in [0.2, 0.25) is 17.6 Å². The molecule has 1 fully saturated rings. The van der Waals surface area contributed by atoms with E-state index in [9.17, 15) is 4.79 Å². The molecular weight excluding hydrogens is 200 g/mol. The Morgan fingerprint density at radius 3 is 2.93 bits per heavy atom. The van der Waals surface area contributed by atoms with Gasteiger partial charge in [-0.25, -0.2) is 4.79 Å². The van der Waals surface area contributed by atoms with Crippen LogP contribution in [0.2, 0.25) is 0 Å². The van der Waals surface area contributed by atoms with E-state index in [0.29, 0.717) is 5.89 Å². The molecule has 0 spiro atoms. The molecule has 7 nitrogen and oxygen atoms in total. The number of nitrogens with two attached hydrogens (primary N) is 1. The molecule has 2 rings (SSSR count). The van der Waals surface area contributed by atoms with Crippen molar-refractivity contribution in [1.82, 2.24) is 10.1 Å². The maximum absolute atomic E-state index is 11.1. The standard InChI is InChI=1S/C8H10N4O3/c1-4-10-7(12-14-4)6(9)11-15-8(13)5-2-3-5/h5H,2-3H2,1H3,(H2,9,11). The van der Waals surface area contributed by atoms with Gasteiger partial charge in [0.05, 0.1) is 5.92 Å².